The first-order chi connectivity index (χ1) is 9.00. The summed E-state index contributed by atoms with van der Waals surface area (Å²) in [6, 6.07) is 1.58. The molecule has 1 amide bonds. The molecular weight excluding hydrogens is 245 g/mol. The van der Waals surface area contributed by atoms with Gasteiger partial charge in [0, 0.05) is 19.3 Å². The number of anilines is 1. The summed E-state index contributed by atoms with van der Waals surface area (Å²) in [5.41, 5.74) is 5.41. The molecule has 2 N–H and O–H groups in total. The van der Waals surface area contributed by atoms with E-state index in [4.69, 9.17) is 5.73 Å². The molecule has 0 aromatic carbocycles. The van der Waals surface area contributed by atoms with Gasteiger partial charge >= 0.3 is 0 Å². The Morgan fingerprint density at radius 2 is 2.05 bits per heavy atom. The van der Waals surface area contributed by atoms with Crippen LogP contribution in [0.2, 0.25) is 0 Å². The van der Waals surface area contributed by atoms with E-state index in [0.717, 1.165) is 25.7 Å². The summed E-state index contributed by atoms with van der Waals surface area (Å²) in [4.78, 5) is 17.6. The van der Waals surface area contributed by atoms with E-state index in [-0.39, 0.29) is 23.3 Å². The Morgan fingerprint density at radius 3 is 2.68 bits per heavy atom. The fourth-order valence-corrected chi connectivity index (χ4v) is 2.61. The molecule has 0 radical (unpaired) electrons. The summed E-state index contributed by atoms with van der Waals surface area (Å²) in [6.45, 7) is 2.22. The van der Waals surface area contributed by atoms with Gasteiger partial charge in [0.05, 0.1) is 5.56 Å². The van der Waals surface area contributed by atoms with Crippen molar-refractivity contribution in [1.29, 1.82) is 0 Å². The molecule has 0 spiro atoms. The van der Waals surface area contributed by atoms with Crippen LogP contribution < -0.4 is 5.73 Å². The summed E-state index contributed by atoms with van der Waals surface area (Å²) in [5, 5.41) is 0. The minimum Gasteiger partial charge on any atom is -0.381 e. The minimum atomic E-state index is -0.719. The SMILES string of the molecule is CC1CCC(N(C)C(=O)c2ccnc(N)c2F)CC1. The van der Waals surface area contributed by atoms with Crippen LogP contribution in [0, 0.1) is 11.7 Å². The van der Waals surface area contributed by atoms with Crippen LogP contribution in [0.25, 0.3) is 0 Å². The highest BCUT2D eigenvalue weighted by Crippen LogP contribution is 2.27. The van der Waals surface area contributed by atoms with E-state index in [2.05, 4.69) is 11.9 Å². The van der Waals surface area contributed by atoms with Gasteiger partial charge in [0.1, 0.15) is 0 Å². The van der Waals surface area contributed by atoms with Crippen LogP contribution in [-0.2, 0) is 0 Å². The molecule has 2 rings (SSSR count). The third-order valence-electron chi connectivity index (χ3n) is 4.00. The molecular formula is C14H20FN3O. The standard InChI is InChI=1S/C14H20FN3O/c1-9-3-5-10(6-4-9)18(2)14(19)11-7-8-17-13(16)12(11)15/h7-10H,3-6H2,1-2H3,(H2,16,17). The maximum absolute atomic E-state index is 13.8. The van der Waals surface area contributed by atoms with Gasteiger partial charge in [-0.15, -0.1) is 0 Å². The second-order valence-electron chi connectivity index (χ2n) is 5.39. The largest absolute Gasteiger partial charge is 0.381 e. The third-order valence-corrected chi connectivity index (χ3v) is 4.00. The lowest BCUT2D eigenvalue weighted by Crippen LogP contribution is -2.39. The van der Waals surface area contributed by atoms with Gasteiger partial charge in [0.25, 0.3) is 5.91 Å². The quantitative estimate of drug-likeness (QED) is 0.893. The summed E-state index contributed by atoms with van der Waals surface area (Å²) in [5.74, 6) is -0.542. The number of carbonyl (C=O) groups is 1. The smallest absolute Gasteiger partial charge is 0.257 e. The second kappa shape index (κ2) is 5.55. The highest BCUT2D eigenvalue weighted by atomic mass is 19.1. The maximum atomic E-state index is 13.8. The first kappa shape index (κ1) is 13.8. The number of rotatable bonds is 2. The lowest BCUT2D eigenvalue weighted by atomic mass is 9.86. The van der Waals surface area contributed by atoms with Gasteiger partial charge in [-0.25, -0.2) is 9.37 Å². The minimum absolute atomic E-state index is 0.00798. The van der Waals surface area contributed by atoms with Crippen molar-refractivity contribution < 1.29 is 9.18 Å². The molecule has 0 bridgehead atoms. The molecule has 1 aliphatic carbocycles. The number of hydrogen-bond donors (Lipinski definition) is 1. The van der Waals surface area contributed by atoms with Crippen LogP contribution in [0.15, 0.2) is 12.3 Å². The number of pyridine rings is 1. The molecule has 1 aromatic heterocycles. The summed E-state index contributed by atoms with van der Waals surface area (Å²) in [7, 11) is 1.74. The highest BCUT2D eigenvalue weighted by molar-refractivity contribution is 5.95. The fraction of sp³-hybridized carbons (Fsp3) is 0.571. The van der Waals surface area contributed by atoms with Crippen molar-refractivity contribution in [3.05, 3.63) is 23.6 Å². The number of amides is 1. The number of nitrogen functional groups attached to an aromatic ring is 1. The van der Waals surface area contributed by atoms with Crippen LogP contribution in [0.3, 0.4) is 0 Å². The maximum Gasteiger partial charge on any atom is 0.257 e. The number of aromatic nitrogens is 1. The normalized spacial score (nSPS) is 23.1. The summed E-state index contributed by atoms with van der Waals surface area (Å²) >= 11 is 0. The van der Waals surface area contributed by atoms with Gasteiger partial charge in [0.2, 0.25) is 0 Å². The molecule has 19 heavy (non-hydrogen) atoms. The Balaban J connectivity index is 2.13. The summed E-state index contributed by atoms with van der Waals surface area (Å²) < 4.78 is 13.8. The van der Waals surface area contributed by atoms with E-state index in [1.165, 1.54) is 12.3 Å². The van der Waals surface area contributed by atoms with Crippen molar-refractivity contribution in [1.82, 2.24) is 9.88 Å². The molecule has 1 aliphatic rings. The zero-order valence-corrected chi connectivity index (χ0v) is 11.4. The number of halogens is 1. The number of hydrogen-bond acceptors (Lipinski definition) is 3. The lowest BCUT2D eigenvalue weighted by molar-refractivity contribution is 0.0675. The Hall–Kier alpha value is -1.65. The fourth-order valence-electron chi connectivity index (χ4n) is 2.61. The Kier molecular flexibility index (Phi) is 4.02. The summed E-state index contributed by atoms with van der Waals surface area (Å²) in [6.07, 6.45) is 5.55. The van der Waals surface area contributed by atoms with E-state index < -0.39 is 5.82 Å². The zero-order valence-electron chi connectivity index (χ0n) is 11.4. The molecule has 1 fully saturated rings. The van der Waals surface area contributed by atoms with Gasteiger partial charge in [0.15, 0.2) is 11.6 Å². The molecule has 0 saturated heterocycles. The molecule has 5 heteroatoms. The molecule has 1 heterocycles. The van der Waals surface area contributed by atoms with Crippen LogP contribution in [0.4, 0.5) is 10.2 Å². The van der Waals surface area contributed by atoms with Gasteiger partial charge in [-0.1, -0.05) is 6.92 Å². The van der Waals surface area contributed by atoms with Crippen LogP contribution >= 0.6 is 0 Å². The van der Waals surface area contributed by atoms with Crippen LogP contribution in [0.1, 0.15) is 43.0 Å². The second-order valence-corrected chi connectivity index (χ2v) is 5.39. The number of carbonyl (C=O) groups excluding carboxylic acids is 1. The van der Waals surface area contributed by atoms with Crippen molar-refractivity contribution in [2.24, 2.45) is 5.92 Å². The van der Waals surface area contributed by atoms with Crippen molar-refractivity contribution in [3.8, 4) is 0 Å². The zero-order chi connectivity index (χ0) is 14.0. The van der Waals surface area contributed by atoms with E-state index in [1.54, 1.807) is 11.9 Å². The van der Waals surface area contributed by atoms with E-state index >= 15 is 0 Å². The number of nitrogens with two attached hydrogens (primary N) is 1. The lowest BCUT2D eigenvalue weighted by Gasteiger charge is -2.33. The third kappa shape index (κ3) is 2.85. The Morgan fingerprint density at radius 1 is 1.42 bits per heavy atom. The van der Waals surface area contributed by atoms with E-state index in [1.807, 2.05) is 0 Å². The van der Waals surface area contributed by atoms with Gasteiger partial charge < -0.3 is 10.6 Å². The molecule has 0 aliphatic heterocycles. The molecule has 104 valence electrons. The molecule has 4 nitrogen and oxygen atoms in total. The average molecular weight is 265 g/mol. The molecule has 1 aromatic rings. The average Bonchev–Trinajstić information content (AvgIpc) is 2.41. The van der Waals surface area contributed by atoms with E-state index in [9.17, 15) is 9.18 Å². The van der Waals surface area contributed by atoms with Gasteiger partial charge in [-0.05, 0) is 37.7 Å². The van der Waals surface area contributed by atoms with Crippen LogP contribution in [-0.4, -0.2) is 28.9 Å². The Labute approximate surface area is 112 Å². The van der Waals surface area contributed by atoms with Gasteiger partial charge in [-0.2, -0.15) is 0 Å². The monoisotopic (exact) mass is 265 g/mol. The molecule has 0 unspecified atom stereocenters. The molecule has 1 saturated carbocycles. The molecule has 0 atom stereocenters. The highest BCUT2D eigenvalue weighted by Gasteiger charge is 2.27. The van der Waals surface area contributed by atoms with Crippen LogP contribution in [0.5, 0.6) is 0 Å². The number of nitrogens with zero attached hydrogens (tertiary/aromatic N) is 2. The predicted molar refractivity (Wildman–Crippen MR) is 72.1 cm³/mol. The van der Waals surface area contributed by atoms with Crippen molar-refractivity contribution >= 4 is 11.7 Å². The first-order valence-corrected chi connectivity index (χ1v) is 6.67. The topological polar surface area (TPSA) is 59.2 Å². The Bertz CT molecular complexity index is 470. The first-order valence-electron chi connectivity index (χ1n) is 6.67. The van der Waals surface area contributed by atoms with Gasteiger partial charge in [-0.3, -0.25) is 4.79 Å². The van der Waals surface area contributed by atoms with E-state index in [0.29, 0.717) is 5.92 Å². The van der Waals surface area contributed by atoms with Crippen molar-refractivity contribution in [2.75, 3.05) is 12.8 Å². The van der Waals surface area contributed by atoms with Crippen molar-refractivity contribution in [3.63, 3.8) is 0 Å². The van der Waals surface area contributed by atoms with Crippen molar-refractivity contribution in [2.45, 2.75) is 38.6 Å². The predicted octanol–water partition coefficient (Wildman–Crippen LogP) is 2.45.